The Bertz CT molecular complexity index is 790. The number of nitrogens with one attached hydrogen (secondary N) is 1. The molecule has 9 heteroatoms. The average Bonchev–Trinajstić information content (AvgIpc) is 3.20. The minimum absolute atomic E-state index is 0.0598. The van der Waals surface area contributed by atoms with E-state index in [0.29, 0.717) is 25.5 Å². The lowest BCUT2D eigenvalue weighted by Gasteiger charge is -2.30. The number of hydrogen-bond acceptors (Lipinski definition) is 4. The monoisotopic (exact) mass is 415 g/mol. The van der Waals surface area contributed by atoms with E-state index >= 15 is 0 Å². The number of benzene rings is 1. The van der Waals surface area contributed by atoms with Crippen LogP contribution in [-0.4, -0.2) is 62.8 Å². The number of sulfonamides is 1. The SMILES string of the molecule is O=C(NCCCN1CCCC1)C1CCN(S(=O)(=O)c2cc(F)ccc2F)CC1. The van der Waals surface area contributed by atoms with Crippen LogP contribution in [0.25, 0.3) is 0 Å². The highest BCUT2D eigenvalue weighted by Crippen LogP contribution is 2.26. The Balaban J connectivity index is 1.46. The van der Waals surface area contributed by atoms with Gasteiger partial charge in [0.05, 0.1) is 0 Å². The zero-order chi connectivity index (χ0) is 20.1. The summed E-state index contributed by atoms with van der Waals surface area (Å²) < 4.78 is 53.5. The predicted molar refractivity (Wildman–Crippen MR) is 101 cm³/mol. The van der Waals surface area contributed by atoms with Crippen molar-refractivity contribution < 1.29 is 22.0 Å². The van der Waals surface area contributed by atoms with Gasteiger partial charge in [-0.25, -0.2) is 17.2 Å². The normalized spacial score (nSPS) is 19.8. The molecule has 2 heterocycles. The van der Waals surface area contributed by atoms with Crippen molar-refractivity contribution in [2.24, 2.45) is 5.92 Å². The molecule has 0 aromatic heterocycles. The number of likely N-dealkylation sites (tertiary alicyclic amines) is 1. The zero-order valence-electron chi connectivity index (χ0n) is 15.9. The number of hydrogen-bond donors (Lipinski definition) is 1. The fourth-order valence-electron chi connectivity index (χ4n) is 3.84. The third-order valence-electron chi connectivity index (χ3n) is 5.48. The van der Waals surface area contributed by atoms with Gasteiger partial charge < -0.3 is 10.2 Å². The molecule has 0 atom stereocenters. The lowest BCUT2D eigenvalue weighted by molar-refractivity contribution is -0.126. The second-order valence-electron chi connectivity index (χ2n) is 7.45. The molecular formula is C19H27F2N3O3S. The van der Waals surface area contributed by atoms with Crippen LogP contribution in [0, 0.1) is 17.6 Å². The molecule has 28 heavy (non-hydrogen) atoms. The highest BCUT2D eigenvalue weighted by Gasteiger charge is 2.33. The van der Waals surface area contributed by atoms with Crippen LogP contribution in [0.4, 0.5) is 8.78 Å². The van der Waals surface area contributed by atoms with Crippen LogP contribution in [-0.2, 0) is 14.8 Å². The van der Waals surface area contributed by atoms with E-state index in [-0.39, 0.29) is 24.9 Å². The van der Waals surface area contributed by atoms with Crippen LogP contribution in [0.15, 0.2) is 23.1 Å². The summed E-state index contributed by atoms with van der Waals surface area (Å²) in [5.74, 6) is -2.09. The van der Waals surface area contributed by atoms with Crippen molar-refractivity contribution in [3.63, 3.8) is 0 Å². The summed E-state index contributed by atoms with van der Waals surface area (Å²) in [4.78, 5) is 14.1. The van der Waals surface area contributed by atoms with Crippen molar-refractivity contribution in [3.8, 4) is 0 Å². The first-order valence-corrected chi connectivity index (χ1v) is 11.3. The standard InChI is InChI=1S/C19H27F2N3O3S/c20-16-4-5-17(21)18(14-16)28(26,27)24-12-6-15(7-13-24)19(25)22-8-3-11-23-9-1-2-10-23/h4-5,14-15H,1-3,6-13H2,(H,22,25). The zero-order valence-corrected chi connectivity index (χ0v) is 16.7. The first-order chi connectivity index (χ1) is 13.4. The van der Waals surface area contributed by atoms with E-state index in [1.54, 1.807) is 0 Å². The number of piperidine rings is 1. The molecule has 1 amide bonds. The molecule has 2 fully saturated rings. The molecular weight excluding hydrogens is 388 g/mol. The quantitative estimate of drug-likeness (QED) is 0.692. The Morgan fingerprint density at radius 3 is 2.46 bits per heavy atom. The summed E-state index contributed by atoms with van der Waals surface area (Å²) in [7, 11) is -4.11. The van der Waals surface area contributed by atoms with Crippen LogP contribution in [0.1, 0.15) is 32.1 Å². The van der Waals surface area contributed by atoms with Crippen molar-refractivity contribution >= 4 is 15.9 Å². The molecule has 2 saturated heterocycles. The van der Waals surface area contributed by atoms with Gasteiger partial charge in [0, 0.05) is 25.6 Å². The fourth-order valence-corrected chi connectivity index (χ4v) is 5.38. The molecule has 0 aliphatic carbocycles. The summed E-state index contributed by atoms with van der Waals surface area (Å²) >= 11 is 0. The Hall–Kier alpha value is -1.58. The van der Waals surface area contributed by atoms with Gasteiger partial charge in [0.1, 0.15) is 16.5 Å². The summed E-state index contributed by atoms with van der Waals surface area (Å²) in [5, 5.41) is 2.94. The lowest BCUT2D eigenvalue weighted by atomic mass is 9.97. The van der Waals surface area contributed by atoms with Gasteiger partial charge in [-0.05, 0) is 69.9 Å². The molecule has 0 saturated carbocycles. The number of carbonyl (C=O) groups is 1. The van der Waals surface area contributed by atoms with E-state index in [0.717, 1.165) is 42.5 Å². The lowest BCUT2D eigenvalue weighted by Crippen LogP contribution is -2.43. The maximum atomic E-state index is 13.9. The average molecular weight is 416 g/mol. The number of carbonyl (C=O) groups excluding carboxylic acids is 1. The maximum absolute atomic E-state index is 13.9. The Kier molecular flexibility index (Phi) is 7.00. The molecule has 0 radical (unpaired) electrons. The van der Waals surface area contributed by atoms with E-state index in [1.165, 1.54) is 12.8 Å². The van der Waals surface area contributed by atoms with Crippen molar-refractivity contribution in [2.75, 3.05) is 39.3 Å². The van der Waals surface area contributed by atoms with Gasteiger partial charge in [-0.2, -0.15) is 4.31 Å². The van der Waals surface area contributed by atoms with Crippen LogP contribution in [0.5, 0.6) is 0 Å². The largest absolute Gasteiger partial charge is 0.356 e. The number of nitrogens with zero attached hydrogens (tertiary/aromatic N) is 2. The third kappa shape index (κ3) is 5.07. The molecule has 2 aliphatic heterocycles. The van der Waals surface area contributed by atoms with Gasteiger partial charge in [-0.1, -0.05) is 0 Å². The molecule has 0 bridgehead atoms. The fraction of sp³-hybridized carbons (Fsp3) is 0.632. The van der Waals surface area contributed by atoms with E-state index in [9.17, 15) is 22.0 Å². The van der Waals surface area contributed by atoms with E-state index in [2.05, 4.69) is 10.2 Å². The molecule has 1 N–H and O–H groups in total. The number of rotatable bonds is 7. The van der Waals surface area contributed by atoms with Gasteiger partial charge in [0.25, 0.3) is 0 Å². The van der Waals surface area contributed by atoms with Gasteiger partial charge >= 0.3 is 0 Å². The smallest absolute Gasteiger partial charge is 0.246 e. The van der Waals surface area contributed by atoms with Crippen LogP contribution in [0.2, 0.25) is 0 Å². The van der Waals surface area contributed by atoms with Crippen molar-refractivity contribution in [2.45, 2.75) is 37.0 Å². The Morgan fingerprint density at radius 1 is 1.11 bits per heavy atom. The van der Waals surface area contributed by atoms with Crippen molar-refractivity contribution in [1.82, 2.24) is 14.5 Å². The van der Waals surface area contributed by atoms with Gasteiger partial charge in [-0.15, -0.1) is 0 Å². The molecule has 3 rings (SSSR count). The minimum Gasteiger partial charge on any atom is -0.356 e. The molecule has 0 spiro atoms. The van der Waals surface area contributed by atoms with Crippen molar-refractivity contribution in [1.29, 1.82) is 0 Å². The molecule has 6 nitrogen and oxygen atoms in total. The van der Waals surface area contributed by atoms with E-state index < -0.39 is 26.6 Å². The summed E-state index contributed by atoms with van der Waals surface area (Å²) in [6.07, 6.45) is 4.13. The second-order valence-corrected chi connectivity index (χ2v) is 9.35. The first kappa shape index (κ1) is 21.1. The van der Waals surface area contributed by atoms with Crippen molar-refractivity contribution in [3.05, 3.63) is 29.8 Å². The van der Waals surface area contributed by atoms with Gasteiger partial charge in [0.2, 0.25) is 15.9 Å². The first-order valence-electron chi connectivity index (χ1n) is 9.83. The summed E-state index contributed by atoms with van der Waals surface area (Å²) in [6, 6.07) is 2.39. The Labute approximate surface area is 164 Å². The molecule has 1 aromatic carbocycles. The van der Waals surface area contributed by atoms with Crippen LogP contribution in [0.3, 0.4) is 0 Å². The second kappa shape index (κ2) is 9.28. The molecule has 2 aliphatic rings. The molecule has 156 valence electrons. The van der Waals surface area contributed by atoms with Crippen LogP contribution >= 0.6 is 0 Å². The number of halogens is 2. The highest BCUT2D eigenvalue weighted by atomic mass is 32.2. The van der Waals surface area contributed by atoms with E-state index in [4.69, 9.17) is 0 Å². The topological polar surface area (TPSA) is 69.7 Å². The minimum atomic E-state index is -4.11. The Morgan fingerprint density at radius 2 is 1.79 bits per heavy atom. The van der Waals surface area contributed by atoms with Crippen LogP contribution < -0.4 is 5.32 Å². The third-order valence-corrected chi connectivity index (χ3v) is 7.40. The number of amides is 1. The molecule has 1 aromatic rings. The maximum Gasteiger partial charge on any atom is 0.246 e. The summed E-state index contributed by atoms with van der Waals surface area (Å²) in [6.45, 7) is 4.09. The summed E-state index contributed by atoms with van der Waals surface area (Å²) in [5.41, 5.74) is 0. The predicted octanol–water partition coefficient (Wildman–Crippen LogP) is 1.97. The molecule has 0 unspecified atom stereocenters. The highest BCUT2D eigenvalue weighted by molar-refractivity contribution is 7.89. The van der Waals surface area contributed by atoms with E-state index in [1.807, 2.05) is 0 Å². The van der Waals surface area contributed by atoms with Gasteiger partial charge in [-0.3, -0.25) is 4.79 Å². The van der Waals surface area contributed by atoms with Gasteiger partial charge in [0.15, 0.2) is 0 Å².